The minimum Gasteiger partial charge on any atom is -0.352 e. The van der Waals surface area contributed by atoms with Crippen molar-refractivity contribution in [2.75, 3.05) is 25.0 Å². The number of thiazole rings is 1. The maximum atomic E-state index is 12.0. The second-order valence-electron chi connectivity index (χ2n) is 5.42. The van der Waals surface area contributed by atoms with Crippen molar-refractivity contribution in [1.29, 1.82) is 0 Å². The van der Waals surface area contributed by atoms with Crippen LogP contribution in [0.4, 0.5) is 5.82 Å². The number of imidazole rings is 1. The Morgan fingerprint density at radius 3 is 3.10 bits per heavy atom. The number of rotatable bonds is 7. The summed E-state index contributed by atoms with van der Waals surface area (Å²) in [5.74, 6) is 0.958. The van der Waals surface area contributed by atoms with Crippen LogP contribution in [0.5, 0.6) is 0 Å². The molecule has 2 aromatic heterocycles. The second-order valence-corrected chi connectivity index (χ2v) is 6.29. The molecule has 0 atom stereocenters. The molecule has 1 aliphatic carbocycles. The minimum absolute atomic E-state index is 0.0748. The summed E-state index contributed by atoms with van der Waals surface area (Å²) >= 11 is 1.61. The van der Waals surface area contributed by atoms with Crippen molar-refractivity contribution in [3.05, 3.63) is 17.3 Å². The number of amides is 1. The molecule has 1 saturated carbocycles. The molecule has 0 spiro atoms. The zero-order valence-electron chi connectivity index (χ0n) is 12.4. The lowest BCUT2D eigenvalue weighted by Gasteiger charge is -2.18. The van der Waals surface area contributed by atoms with Gasteiger partial charge in [0.05, 0.1) is 12.2 Å². The molecule has 0 aliphatic heterocycles. The topological polar surface area (TPSA) is 61.7 Å². The van der Waals surface area contributed by atoms with Crippen LogP contribution in [0.15, 0.2) is 11.6 Å². The molecule has 0 saturated heterocycles. The quantitative estimate of drug-likeness (QED) is 0.807. The predicted octanol–water partition coefficient (Wildman–Crippen LogP) is 1.22. The largest absolute Gasteiger partial charge is 0.352 e. The lowest BCUT2D eigenvalue weighted by atomic mass is 10.3. The monoisotopic (exact) mass is 307 g/mol. The van der Waals surface area contributed by atoms with Crippen molar-refractivity contribution in [3.63, 3.8) is 0 Å². The molecule has 1 fully saturated rings. The smallest absolute Gasteiger partial charge is 0.239 e. The van der Waals surface area contributed by atoms with Crippen LogP contribution in [-0.2, 0) is 11.3 Å². The van der Waals surface area contributed by atoms with Gasteiger partial charge in [-0.25, -0.2) is 4.98 Å². The first-order valence-corrected chi connectivity index (χ1v) is 8.22. The molecule has 0 aromatic carbocycles. The highest BCUT2D eigenvalue weighted by atomic mass is 32.1. The number of likely N-dealkylation sites (N-methyl/N-ethyl adjacent to an activating group) is 1. The lowest BCUT2D eigenvalue weighted by Crippen LogP contribution is -2.37. The van der Waals surface area contributed by atoms with Crippen molar-refractivity contribution in [2.24, 2.45) is 0 Å². The predicted molar refractivity (Wildman–Crippen MR) is 84.9 cm³/mol. The summed E-state index contributed by atoms with van der Waals surface area (Å²) in [7, 11) is 1.92. The summed E-state index contributed by atoms with van der Waals surface area (Å²) in [6.45, 7) is 4.08. The number of anilines is 1. The fourth-order valence-electron chi connectivity index (χ4n) is 2.33. The number of carbonyl (C=O) groups is 1. The first kappa shape index (κ1) is 14.3. The molecule has 6 nitrogen and oxygen atoms in total. The van der Waals surface area contributed by atoms with Gasteiger partial charge >= 0.3 is 0 Å². The van der Waals surface area contributed by atoms with E-state index >= 15 is 0 Å². The number of carbonyl (C=O) groups excluding carboxylic acids is 1. The van der Waals surface area contributed by atoms with Gasteiger partial charge in [0.2, 0.25) is 5.91 Å². The molecule has 0 bridgehead atoms. The van der Waals surface area contributed by atoms with E-state index in [-0.39, 0.29) is 5.91 Å². The fourth-order valence-corrected chi connectivity index (χ4v) is 3.05. The van der Waals surface area contributed by atoms with Gasteiger partial charge in [0.25, 0.3) is 0 Å². The molecule has 21 heavy (non-hydrogen) atoms. The Bertz CT molecular complexity index is 630. The van der Waals surface area contributed by atoms with E-state index in [4.69, 9.17) is 0 Å². The average Bonchev–Trinajstić information content (AvgIpc) is 3.01. The Balaban J connectivity index is 1.76. The molecule has 2 heterocycles. The Morgan fingerprint density at radius 2 is 2.38 bits per heavy atom. The lowest BCUT2D eigenvalue weighted by molar-refractivity contribution is -0.119. The Hall–Kier alpha value is -1.60. The molecular weight excluding hydrogens is 286 g/mol. The van der Waals surface area contributed by atoms with E-state index in [1.807, 2.05) is 23.5 Å². The number of fused-ring (bicyclic) bond motifs is 1. The van der Waals surface area contributed by atoms with Crippen LogP contribution < -0.4 is 15.5 Å². The van der Waals surface area contributed by atoms with Crippen molar-refractivity contribution < 1.29 is 4.79 Å². The van der Waals surface area contributed by atoms with Gasteiger partial charge in [-0.1, -0.05) is 6.92 Å². The van der Waals surface area contributed by atoms with Gasteiger partial charge < -0.3 is 15.5 Å². The Labute approximate surface area is 128 Å². The summed E-state index contributed by atoms with van der Waals surface area (Å²) in [6, 6.07) is 0.401. The summed E-state index contributed by atoms with van der Waals surface area (Å²) < 4.78 is 2.10. The molecular formula is C14H21N5OS. The molecule has 1 amide bonds. The van der Waals surface area contributed by atoms with E-state index in [1.54, 1.807) is 11.3 Å². The third-order valence-corrected chi connectivity index (χ3v) is 4.32. The molecule has 7 heteroatoms. The van der Waals surface area contributed by atoms with Gasteiger partial charge in [-0.15, -0.1) is 11.3 Å². The highest BCUT2D eigenvalue weighted by molar-refractivity contribution is 7.15. The van der Waals surface area contributed by atoms with Gasteiger partial charge in [0.15, 0.2) is 10.8 Å². The van der Waals surface area contributed by atoms with Crippen LogP contribution in [0.2, 0.25) is 0 Å². The number of hydrogen-bond donors (Lipinski definition) is 2. The zero-order chi connectivity index (χ0) is 14.8. The van der Waals surface area contributed by atoms with E-state index in [9.17, 15) is 4.79 Å². The number of aromatic nitrogens is 2. The molecule has 0 unspecified atom stereocenters. The molecule has 0 radical (unpaired) electrons. The normalized spacial score (nSPS) is 14.6. The molecule has 3 rings (SSSR count). The van der Waals surface area contributed by atoms with Gasteiger partial charge in [-0.05, 0) is 19.4 Å². The first-order valence-electron chi connectivity index (χ1n) is 7.34. The average molecular weight is 307 g/mol. The molecule has 114 valence electrons. The minimum atomic E-state index is 0.0748. The van der Waals surface area contributed by atoms with Crippen LogP contribution in [0.25, 0.3) is 4.96 Å². The van der Waals surface area contributed by atoms with Crippen molar-refractivity contribution in [1.82, 2.24) is 20.0 Å². The van der Waals surface area contributed by atoms with E-state index in [0.29, 0.717) is 12.6 Å². The SMILES string of the molecule is CCNCc1c(N(C)CC(=O)NC2CC2)nc2sccn12. The van der Waals surface area contributed by atoms with Crippen LogP contribution in [0.3, 0.4) is 0 Å². The summed E-state index contributed by atoms with van der Waals surface area (Å²) in [5.41, 5.74) is 1.11. The van der Waals surface area contributed by atoms with Crippen molar-refractivity contribution in [3.8, 4) is 0 Å². The van der Waals surface area contributed by atoms with E-state index < -0.39 is 0 Å². The standard InChI is InChI=1S/C14H21N5OS/c1-3-15-8-11-13(17-14-19(11)6-7-21-14)18(2)9-12(20)16-10-4-5-10/h6-7,10,15H,3-5,8-9H2,1-2H3,(H,16,20). The fraction of sp³-hybridized carbons (Fsp3) is 0.571. The number of nitrogens with zero attached hydrogens (tertiary/aromatic N) is 3. The van der Waals surface area contributed by atoms with E-state index in [0.717, 1.165) is 42.4 Å². The van der Waals surface area contributed by atoms with E-state index in [2.05, 4.69) is 26.9 Å². The maximum Gasteiger partial charge on any atom is 0.239 e. The molecule has 2 N–H and O–H groups in total. The third kappa shape index (κ3) is 3.19. The molecule has 2 aromatic rings. The maximum absolute atomic E-state index is 12.0. The van der Waals surface area contributed by atoms with Gasteiger partial charge in [0, 0.05) is 31.2 Å². The summed E-state index contributed by atoms with van der Waals surface area (Å²) in [5, 5.41) is 8.39. The zero-order valence-corrected chi connectivity index (χ0v) is 13.2. The first-order chi connectivity index (χ1) is 10.2. The van der Waals surface area contributed by atoms with Crippen LogP contribution >= 0.6 is 11.3 Å². The summed E-state index contributed by atoms with van der Waals surface area (Å²) in [6.07, 6.45) is 4.25. The van der Waals surface area contributed by atoms with Gasteiger partial charge in [-0.3, -0.25) is 9.20 Å². The third-order valence-electron chi connectivity index (χ3n) is 3.57. The van der Waals surface area contributed by atoms with Crippen LogP contribution in [-0.4, -0.2) is 41.5 Å². The highest BCUT2D eigenvalue weighted by Gasteiger charge is 2.24. The van der Waals surface area contributed by atoms with Gasteiger partial charge in [0.1, 0.15) is 0 Å². The Morgan fingerprint density at radius 1 is 1.57 bits per heavy atom. The second kappa shape index (κ2) is 6.03. The van der Waals surface area contributed by atoms with Gasteiger partial charge in [-0.2, -0.15) is 0 Å². The number of hydrogen-bond acceptors (Lipinski definition) is 5. The van der Waals surface area contributed by atoms with Crippen LogP contribution in [0, 0.1) is 0 Å². The Kier molecular flexibility index (Phi) is 4.12. The van der Waals surface area contributed by atoms with Crippen molar-refractivity contribution >= 4 is 28.0 Å². The number of nitrogens with one attached hydrogen (secondary N) is 2. The molecule has 1 aliphatic rings. The summed E-state index contributed by atoms with van der Waals surface area (Å²) in [4.78, 5) is 19.5. The van der Waals surface area contributed by atoms with Crippen LogP contribution in [0.1, 0.15) is 25.5 Å². The van der Waals surface area contributed by atoms with E-state index in [1.165, 1.54) is 0 Å². The van der Waals surface area contributed by atoms with Crippen molar-refractivity contribution in [2.45, 2.75) is 32.4 Å². The highest BCUT2D eigenvalue weighted by Crippen LogP contribution is 2.24.